The summed E-state index contributed by atoms with van der Waals surface area (Å²) in [4.78, 5) is 26.1. The fourth-order valence-electron chi connectivity index (χ4n) is 3.31. The van der Waals surface area contributed by atoms with E-state index in [0.717, 1.165) is 6.21 Å². The van der Waals surface area contributed by atoms with Crippen LogP contribution in [0.5, 0.6) is 0 Å². The van der Waals surface area contributed by atoms with E-state index in [1.54, 1.807) is 48.5 Å². The normalized spacial score (nSPS) is 15.7. The standard InChI is InChI=1S/C22H15ClFN3O2/c23-18-12-7-13-19(24)17(18)14-25-27-20(28)22(26-21(27)29,15-8-3-1-4-9-15)16-10-5-2-6-11-16/h1-14H,(H,26,29)/b25-14-. The zero-order valence-electron chi connectivity index (χ0n) is 15.0. The van der Waals surface area contributed by atoms with Crippen molar-refractivity contribution in [2.75, 3.05) is 0 Å². The maximum absolute atomic E-state index is 14.0. The molecule has 144 valence electrons. The number of hydrazone groups is 1. The first kappa shape index (κ1) is 18.8. The number of nitrogens with zero attached hydrogens (tertiary/aromatic N) is 2. The van der Waals surface area contributed by atoms with Crippen LogP contribution in [0.25, 0.3) is 0 Å². The Bertz CT molecular complexity index is 1040. The first-order valence-corrected chi connectivity index (χ1v) is 9.17. The molecule has 0 saturated carbocycles. The quantitative estimate of drug-likeness (QED) is 0.517. The van der Waals surface area contributed by atoms with Crippen molar-refractivity contribution < 1.29 is 14.0 Å². The monoisotopic (exact) mass is 407 g/mol. The number of rotatable bonds is 4. The molecule has 4 rings (SSSR count). The molecule has 7 heteroatoms. The van der Waals surface area contributed by atoms with Gasteiger partial charge in [0.1, 0.15) is 5.82 Å². The molecule has 3 aromatic carbocycles. The van der Waals surface area contributed by atoms with Gasteiger partial charge in [-0.15, -0.1) is 5.01 Å². The molecule has 3 aromatic rings. The van der Waals surface area contributed by atoms with Crippen molar-refractivity contribution in [1.29, 1.82) is 0 Å². The molecule has 0 radical (unpaired) electrons. The highest BCUT2D eigenvalue weighted by molar-refractivity contribution is 6.33. The van der Waals surface area contributed by atoms with Crippen LogP contribution in [0.2, 0.25) is 5.02 Å². The molecule has 1 aliphatic heterocycles. The number of carbonyl (C=O) groups is 2. The summed E-state index contributed by atoms with van der Waals surface area (Å²) >= 11 is 6.00. The molecule has 3 amide bonds. The van der Waals surface area contributed by atoms with Crippen LogP contribution in [0.1, 0.15) is 16.7 Å². The number of hydrogen-bond acceptors (Lipinski definition) is 3. The van der Waals surface area contributed by atoms with E-state index in [1.165, 1.54) is 18.2 Å². The van der Waals surface area contributed by atoms with Gasteiger partial charge >= 0.3 is 6.03 Å². The zero-order chi connectivity index (χ0) is 20.4. The Morgan fingerprint density at radius 2 is 1.48 bits per heavy atom. The predicted molar refractivity (Wildman–Crippen MR) is 108 cm³/mol. The summed E-state index contributed by atoms with van der Waals surface area (Å²) in [6.45, 7) is 0. The van der Waals surface area contributed by atoms with Gasteiger partial charge in [0.15, 0.2) is 5.54 Å². The number of urea groups is 1. The molecule has 1 saturated heterocycles. The lowest BCUT2D eigenvalue weighted by molar-refractivity contribution is -0.130. The second-order valence-corrected chi connectivity index (χ2v) is 6.82. The van der Waals surface area contributed by atoms with Gasteiger partial charge in [-0.2, -0.15) is 5.10 Å². The van der Waals surface area contributed by atoms with Crippen molar-refractivity contribution in [3.05, 3.63) is 106 Å². The summed E-state index contributed by atoms with van der Waals surface area (Å²) in [6, 6.07) is 21.2. The predicted octanol–water partition coefficient (Wildman–Crippen LogP) is 4.31. The lowest BCUT2D eigenvalue weighted by Crippen LogP contribution is -2.44. The molecule has 0 bridgehead atoms. The molecule has 0 aliphatic carbocycles. The maximum Gasteiger partial charge on any atom is 0.346 e. The Kier molecular flexibility index (Phi) is 4.86. The fourth-order valence-corrected chi connectivity index (χ4v) is 3.52. The lowest BCUT2D eigenvalue weighted by Gasteiger charge is -2.27. The number of benzene rings is 3. The summed E-state index contributed by atoms with van der Waals surface area (Å²) < 4.78 is 14.0. The minimum Gasteiger partial charge on any atom is -0.314 e. The van der Waals surface area contributed by atoms with E-state index >= 15 is 0 Å². The molecule has 0 aromatic heterocycles. The molecule has 0 atom stereocenters. The van der Waals surface area contributed by atoms with Gasteiger partial charge in [-0.1, -0.05) is 78.3 Å². The highest BCUT2D eigenvalue weighted by atomic mass is 35.5. The molecule has 1 heterocycles. The van der Waals surface area contributed by atoms with E-state index in [2.05, 4.69) is 10.4 Å². The number of carbonyl (C=O) groups excluding carboxylic acids is 2. The highest BCUT2D eigenvalue weighted by Crippen LogP contribution is 2.36. The van der Waals surface area contributed by atoms with E-state index in [0.29, 0.717) is 16.1 Å². The van der Waals surface area contributed by atoms with Crippen molar-refractivity contribution in [3.8, 4) is 0 Å². The summed E-state index contributed by atoms with van der Waals surface area (Å²) in [7, 11) is 0. The number of amides is 3. The Labute approximate surface area is 171 Å². The Morgan fingerprint density at radius 1 is 0.897 bits per heavy atom. The van der Waals surface area contributed by atoms with Gasteiger partial charge in [0.25, 0.3) is 5.91 Å². The Hall–Kier alpha value is -3.51. The van der Waals surface area contributed by atoms with Gasteiger partial charge in [0.2, 0.25) is 0 Å². The first-order chi connectivity index (χ1) is 14.0. The highest BCUT2D eigenvalue weighted by Gasteiger charge is 2.54. The van der Waals surface area contributed by atoms with Crippen LogP contribution in [0.3, 0.4) is 0 Å². The summed E-state index contributed by atoms with van der Waals surface area (Å²) in [5, 5.41) is 7.53. The smallest absolute Gasteiger partial charge is 0.314 e. The number of imide groups is 1. The molecule has 5 nitrogen and oxygen atoms in total. The molecule has 0 unspecified atom stereocenters. The van der Waals surface area contributed by atoms with Crippen molar-refractivity contribution in [1.82, 2.24) is 10.3 Å². The van der Waals surface area contributed by atoms with E-state index in [9.17, 15) is 14.0 Å². The minimum atomic E-state index is -1.43. The van der Waals surface area contributed by atoms with Gasteiger partial charge in [-0.25, -0.2) is 9.18 Å². The molecular formula is C22H15ClFN3O2. The van der Waals surface area contributed by atoms with Crippen LogP contribution < -0.4 is 5.32 Å². The van der Waals surface area contributed by atoms with Crippen LogP contribution in [0.15, 0.2) is 84.0 Å². The van der Waals surface area contributed by atoms with E-state index in [-0.39, 0.29) is 10.6 Å². The second-order valence-electron chi connectivity index (χ2n) is 6.41. The van der Waals surface area contributed by atoms with E-state index < -0.39 is 23.3 Å². The van der Waals surface area contributed by atoms with Crippen molar-refractivity contribution in [2.24, 2.45) is 5.10 Å². The maximum atomic E-state index is 14.0. The average Bonchev–Trinajstić information content (AvgIpc) is 3.00. The molecule has 0 spiro atoms. The van der Waals surface area contributed by atoms with Gasteiger partial charge in [0.05, 0.1) is 11.2 Å². The molecule has 29 heavy (non-hydrogen) atoms. The third-order valence-electron chi connectivity index (χ3n) is 4.72. The number of nitrogens with one attached hydrogen (secondary N) is 1. The third kappa shape index (κ3) is 3.17. The minimum absolute atomic E-state index is 0.00770. The fraction of sp³-hybridized carbons (Fsp3) is 0.0455. The van der Waals surface area contributed by atoms with Crippen LogP contribution in [0, 0.1) is 5.82 Å². The van der Waals surface area contributed by atoms with E-state index in [1.807, 2.05) is 12.1 Å². The van der Waals surface area contributed by atoms with Crippen LogP contribution in [0.4, 0.5) is 9.18 Å². The SMILES string of the molecule is O=C1NC(c2ccccc2)(c2ccccc2)C(=O)N1/N=C\c1c(F)cccc1Cl. The topological polar surface area (TPSA) is 61.8 Å². The van der Waals surface area contributed by atoms with Crippen LogP contribution >= 0.6 is 11.6 Å². The zero-order valence-corrected chi connectivity index (χ0v) is 15.8. The van der Waals surface area contributed by atoms with Gasteiger partial charge in [-0.05, 0) is 23.3 Å². The number of halogens is 2. The lowest BCUT2D eigenvalue weighted by atomic mass is 9.83. The second kappa shape index (κ2) is 7.48. The molecule has 1 fully saturated rings. The van der Waals surface area contributed by atoms with Crippen LogP contribution in [-0.4, -0.2) is 23.2 Å². The summed E-state index contributed by atoms with van der Waals surface area (Å²) in [5.74, 6) is -1.20. The molecular weight excluding hydrogens is 393 g/mol. The number of hydrogen-bond donors (Lipinski definition) is 1. The largest absolute Gasteiger partial charge is 0.346 e. The van der Waals surface area contributed by atoms with Crippen LogP contribution in [-0.2, 0) is 10.3 Å². The Morgan fingerprint density at radius 3 is 2.03 bits per heavy atom. The summed E-state index contributed by atoms with van der Waals surface area (Å²) in [6.07, 6.45) is 1.07. The van der Waals surface area contributed by atoms with Crippen molar-refractivity contribution in [2.45, 2.75) is 5.54 Å². The van der Waals surface area contributed by atoms with Crippen molar-refractivity contribution >= 4 is 29.8 Å². The molecule has 1 N–H and O–H groups in total. The molecule has 1 aliphatic rings. The summed E-state index contributed by atoms with van der Waals surface area (Å²) in [5.41, 5.74) is -0.264. The van der Waals surface area contributed by atoms with E-state index in [4.69, 9.17) is 11.6 Å². The van der Waals surface area contributed by atoms with Gasteiger partial charge in [-0.3, -0.25) is 4.79 Å². The first-order valence-electron chi connectivity index (χ1n) is 8.80. The average molecular weight is 408 g/mol. The third-order valence-corrected chi connectivity index (χ3v) is 5.05. The Balaban J connectivity index is 1.79. The van der Waals surface area contributed by atoms with Gasteiger partial charge in [0, 0.05) is 5.56 Å². The van der Waals surface area contributed by atoms with Crippen molar-refractivity contribution in [3.63, 3.8) is 0 Å². The van der Waals surface area contributed by atoms with Gasteiger partial charge < -0.3 is 5.32 Å².